The summed E-state index contributed by atoms with van der Waals surface area (Å²) in [7, 11) is 4.15. The molecule has 0 aliphatic rings. The zero-order chi connectivity index (χ0) is 11.3. The zero-order valence-corrected chi connectivity index (χ0v) is 10.4. The number of hydrogen-bond donors (Lipinski definition) is 1. The van der Waals surface area contributed by atoms with E-state index in [1.165, 1.54) is 4.90 Å². The molecule has 1 aromatic carbocycles. The summed E-state index contributed by atoms with van der Waals surface area (Å²) in [6.07, 6.45) is -0.376. The molecule has 0 heterocycles. The molecule has 0 spiro atoms. The number of thioether (sulfide) groups is 1. The smallest absolute Gasteiger partial charge is 0.0762 e. The molecule has 0 saturated carbocycles. The maximum absolute atomic E-state index is 9.44. The summed E-state index contributed by atoms with van der Waals surface area (Å²) < 4.78 is 0. The van der Waals surface area contributed by atoms with Gasteiger partial charge in [-0.2, -0.15) is 0 Å². The summed E-state index contributed by atoms with van der Waals surface area (Å²) in [6, 6.07) is 8.11. The van der Waals surface area contributed by atoms with Crippen LogP contribution in [0.3, 0.4) is 0 Å². The summed E-state index contributed by atoms with van der Waals surface area (Å²) >= 11 is 1.83. The molecular weight excluding hydrogens is 206 g/mol. The highest BCUT2D eigenvalue weighted by atomic mass is 32.2. The van der Waals surface area contributed by atoms with Gasteiger partial charge in [0.1, 0.15) is 0 Å². The van der Waals surface area contributed by atoms with Gasteiger partial charge in [0.15, 0.2) is 0 Å². The van der Waals surface area contributed by atoms with Crippen molar-refractivity contribution >= 4 is 11.8 Å². The summed E-state index contributed by atoms with van der Waals surface area (Å²) in [5.41, 5.74) is 0.991. The first-order valence-corrected chi connectivity index (χ1v) is 6.13. The zero-order valence-electron chi connectivity index (χ0n) is 9.60. The van der Waals surface area contributed by atoms with Crippen LogP contribution in [-0.2, 0) is 0 Å². The van der Waals surface area contributed by atoms with Crippen molar-refractivity contribution in [3.63, 3.8) is 0 Å². The topological polar surface area (TPSA) is 23.5 Å². The van der Waals surface area contributed by atoms with Crippen LogP contribution in [0, 0.1) is 0 Å². The maximum atomic E-state index is 9.44. The Morgan fingerprint density at radius 1 is 1.40 bits per heavy atom. The second-order valence-electron chi connectivity index (χ2n) is 3.90. The van der Waals surface area contributed by atoms with Gasteiger partial charge in [-0.25, -0.2) is 0 Å². The molecule has 84 valence electrons. The molecule has 15 heavy (non-hydrogen) atoms. The molecule has 1 atom stereocenters. The predicted molar refractivity (Wildman–Crippen MR) is 66.4 cm³/mol. The molecule has 1 rings (SSSR count). The van der Waals surface area contributed by atoms with Crippen molar-refractivity contribution in [2.75, 3.05) is 26.4 Å². The minimum absolute atomic E-state index is 0.376. The van der Waals surface area contributed by atoms with Gasteiger partial charge in [-0.3, -0.25) is 0 Å². The minimum Gasteiger partial charge on any atom is -0.389 e. The third-order valence-electron chi connectivity index (χ3n) is 2.15. The van der Waals surface area contributed by atoms with Crippen LogP contribution in [0.5, 0.6) is 0 Å². The van der Waals surface area contributed by atoms with E-state index in [-0.39, 0.29) is 6.10 Å². The molecule has 0 amide bonds. The van der Waals surface area contributed by atoms with E-state index >= 15 is 0 Å². The van der Waals surface area contributed by atoms with Gasteiger partial charge < -0.3 is 10.0 Å². The summed E-state index contributed by atoms with van der Waals surface area (Å²) in [5, 5.41) is 9.44. The van der Waals surface area contributed by atoms with Gasteiger partial charge in [0.25, 0.3) is 0 Å². The normalized spacial score (nSPS) is 13.1. The molecule has 3 heteroatoms. The molecule has 0 aromatic heterocycles. The highest BCUT2D eigenvalue weighted by Crippen LogP contribution is 2.22. The van der Waals surface area contributed by atoms with Crippen LogP contribution in [0.2, 0.25) is 0 Å². The number of aliphatic hydroxyl groups excluding tert-OH is 1. The molecule has 0 fully saturated rings. The van der Waals surface area contributed by atoms with Crippen LogP contribution in [0.25, 0.3) is 0 Å². The highest BCUT2D eigenvalue weighted by Gasteiger charge is 2.01. The Balaban J connectivity index is 2.50. The van der Waals surface area contributed by atoms with Crippen molar-refractivity contribution in [2.24, 2.45) is 0 Å². The molecule has 1 aromatic rings. The third-order valence-corrected chi connectivity index (χ3v) is 3.12. The van der Waals surface area contributed by atoms with Gasteiger partial charge in [-0.05, 0) is 38.7 Å². The minimum atomic E-state index is -0.376. The lowest BCUT2D eigenvalue weighted by atomic mass is 10.1. The van der Waals surface area contributed by atoms with Crippen LogP contribution in [0.1, 0.15) is 18.6 Å². The van der Waals surface area contributed by atoms with E-state index in [1.807, 2.05) is 23.9 Å². The van der Waals surface area contributed by atoms with E-state index in [9.17, 15) is 5.11 Å². The predicted octanol–water partition coefficient (Wildman–Crippen LogP) is 2.39. The first-order valence-electron chi connectivity index (χ1n) is 5.15. The van der Waals surface area contributed by atoms with Gasteiger partial charge in [0.05, 0.1) is 6.10 Å². The molecule has 0 saturated heterocycles. The van der Waals surface area contributed by atoms with Crippen LogP contribution < -0.4 is 0 Å². The van der Waals surface area contributed by atoms with Gasteiger partial charge in [0.2, 0.25) is 0 Å². The lowest BCUT2D eigenvalue weighted by molar-refractivity contribution is 0.199. The molecule has 0 aliphatic heterocycles. The van der Waals surface area contributed by atoms with E-state index in [0.717, 1.165) is 17.9 Å². The Morgan fingerprint density at radius 2 is 2.13 bits per heavy atom. The SMILES string of the molecule is CC(O)c1cccc(SCCN(C)C)c1. The lowest BCUT2D eigenvalue weighted by Gasteiger charge is -2.10. The molecule has 1 unspecified atom stereocenters. The molecule has 0 aliphatic carbocycles. The fraction of sp³-hybridized carbons (Fsp3) is 0.500. The van der Waals surface area contributed by atoms with Crippen molar-refractivity contribution < 1.29 is 5.11 Å². The third kappa shape index (κ3) is 4.69. The fourth-order valence-corrected chi connectivity index (χ4v) is 2.30. The average Bonchev–Trinajstić information content (AvgIpc) is 2.17. The van der Waals surface area contributed by atoms with Crippen LogP contribution in [0.4, 0.5) is 0 Å². The maximum Gasteiger partial charge on any atom is 0.0762 e. The highest BCUT2D eigenvalue weighted by molar-refractivity contribution is 7.99. The Labute approximate surface area is 96.3 Å². The van der Waals surface area contributed by atoms with Gasteiger partial charge >= 0.3 is 0 Å². The monoisotopic (exact) mass is 225 g/mol. The lowest BCUT2D eigenvalue weighted by Crippen LogP contribution is -2.14. The quantitative estimate of drug-likeness (QED) is 0.778. The van der Waals surface area contributed by atoms with Gasteiger partial charge in [0, 0.05) is 17.2 Å². The van der Waals surface area contributed by atoms with Gasteiger partial charge in [-0.15, -0.1) is 11.8 Å². The van der Waals surface area contributed by atoms with Crippen LogP contribution in [-0.4, -0.2) is 36.4 Å². The van der Waals surface area contributed by atoms with E-state index in [0.29, 0.717) is 0 Å². The Kier molecular flexibility index (Phi) is 5.15. The Bertz CT molecular complexity index is 299. The average molecular weight is 225 g/mol. The Morgan fingerprint density at radius 3 is 2.73 bits per heavy atom. The molecule has 2 nitrogen and oxygen atoms in total. The van der Waals surface area contributed by atoms with Crippen molar-refractivity contribution in [3.8, 4) is 0 Å². The second-order valence-corrected chi connectivity index (χ2v) is 5.07. The molecular formula is C12H19NOS. The van der Waals surface area contributed by atoms with E-state index in [2.05, 4.69) is 31.1 Å². The summed E-state index contributed by atoms with van der Waals surface area (Å²) in [6.45, 7) is 2.87. The number of rotatable bonds is 5. The number of hydrogen-bond acceptors (Lipinski definition) is 3. The summed E-state index contributed by atoms with van der Waals surface area (Å²) in [5.74, 6) is 1.08. The first-order chi connectivity index (χ1) is 7.09. The van der Waals surface area contributed by atoms with Crippen molar-refractivity contribution in [1.82, 2.24) is 4.90 Å². The molecule has 0 bridgehead atoms. The fourth-order valence-electron chi connectivity index (χ4n) is 1.21. The van der Waals surface area contributed by atoms with Crippen LogP contribution in [0.15, 0.2) is 29.2 Å². The molecule has 1 N–H and O–H groups in total. The van der Waals surface area contributed by atoms with E-state index in [1.54, 1.807) is 6.92 Å². The standard InChI is InChI=1S/C12H19NOS/c1-10(14)11-5-4-6-12(9-11)15-8-7-13(2)3/h4-6,9-10,14H,7-8H2,1-3H3. The van der Waals surface area contributed by atoms with Crippen molar-refractivity contribution in [1.29, 1.82) is 0 Å². The Hall–Kier alpha value is -0.510. The molecule has 0 radical (unpaired) electrons. The van der Waals surface area contributed by atoms with E-state index in [4.69, 9.17) is 0 Å². The number of aliphatic hydroxyl groups is 1. The van der Waals surface area contributed by atoms with Gasteiger partial charge in [-0.1, -0.05) is 12.1 Å². The summed E-state index contributed by atoms with van der Waals surface area (Å²) in [4.78, 5) is 3.40. The van der Waals surface area contributed by atoms with Crippen molar-refractivity contribution in [3.05, 3.63) is 29.8 Å². The van der Waals surface area contributed by atoms with Crippen molar-refractivity contribution in [2.45, 2.75) is 17.9 Å². The second kappa shape index (κ2) is 6.16. The van der Waals surface area contributed by atoms with Crippen LogP contribution >= 0.6 is 11.8 Å². The number of nitrogens with zero attached hydrogens (tertiary/aromatic N) is 1. The van der Waals surface area contributed by atoms with E-state index < -0.39 is 0 Å². The number of benzene rings is 1. The first kappa shape index (κ1) is 12.6. The largest absolute Gasteiger partial charge is 0.389 e.